The third-order valence-corrected chi connectivity index (χ3v) is 7.61. The van der Waals surface area contributed by atoms with Crippen molar-refractivity contribution in [3.05, 3.63) is 11.6 Å². The Bertz CT molecular complexity index is 521. The van der Waals surface area contributed by atoms with E-state index in [2.05, 4.69) is 13.0 Å². The Morgan fingerprint density at radius 3 is 1.93 bits per heavy atom. The molecule has 1 unspecified atom stereocenters. The summed E-state index contributed by atoms with van der Waals surface area (Å²) in [5, 5.41) is 0. The maximum Gasteiger partial charge on any atom is 0.158 e. The molecule has 0 bridgehead atoms. The van der Waals surface area contributed by atoms with Crippen molar-refractivity contribution in [2.75, 3.05) is 0 Å². The number of ketones is 2. The van der Waals surface area contributed by atoms with Crippen molar-refractivity contribution in [1.82, 2.24) is 0 Å². The van der Waals surface area contributed by atoms with Crippen LogP contribution in [0.15, 0.2) is 11.6 Å². The number of hydrogen-bond donors (Lipinski definition) is 0. The van der Waals surface area contributed by atoms with Crippen LogP contribution in [0.25, 0.3) is 0 Å². The smallest absolute Gasteiger partial charge is 0.158 e. The first-order chi connectivity index (χ1) is 14.6. The lowest BCUT2D eigenvalue weighted by Gasteiger charge is -2.24. The van der Waals surface area contributed by atoms with Gasteiger partial charge in [0, 0.05) is 18.8 Å². The Kier molecular flexibility index (Phi) is 12.7. The summed E-state index contributed by atoms with van der Waals surface area (Å²) in [4.78, 5) is 24.7. The highest BCUT2D eigenvalue weighted by atomic mass is 16.1. The monoisotopic (exact) mass is 416 g/mol. The van der Waals surface area contributed by atoms with Gasteiger partial charge in [-0.05, 0) is 56.4 Å². The molecule has 2 fully saturated rings. The van der Waals surface area contributed by atoms with Crippen LogP contribution < -0.4 is 0 Å². The molecule has 1 atom stereocenters. The highest BCUT2D eigenvalue weighted by molar-refractivity contribution is 5.94. The number of allylic oxidation sites excluding steroid dienone is 2. The molecule has 0 amide bonds. The lowest BCUT2D eigenvalue weighted by atomic mass is 9.81. The quantitative estimate of drug-likeness (QED) is 0.210. The van der Waals surface area contributed by atoms with Crippen molar-refractivity contribution in [3.8, 4) is 0 Å². The fraction of sp³-hybridized carbons (Fsp3) is 0.857. The maximum atomic E-state index is 12.4. The van der Waals surface area contributed by atoms with E-state index in [1.54, 1.807) is 0 Å². The Hall–Kier alpha value is -0.920. The van der Waals surface area contributed by atoms with Gasteiger partial charge in [-0.1, -0.05) is 90.0 Å². The van der Waals surface area contributed by atoms with E-state index in [4.69, 9.17) is 0 Å². The zero-order chi connectivity index (χ0) is 21.6. The highest BCUT2D eigenvalue weighted by Gasteiger charge is 2.20. The second-order valence-electron chi connectivity index (χ2n) is 10.4. The van der Waals surface area contributed by atoms with Gasteiger partial charge in [-0.3, -0.25) is 9.59 Å². The molecule has 0 spiro atoms. The average Bonchev–Trinajstić information content (AvgIpc) is 2.76. The van der Waals surface area contributed by atoms with Crippen LogP contribution in [0.3, 0.4) is 0 Å². The van der Waals surface area contributed by atoms with Gasteiger partial charge in [0.05, 0.1) is 0 Å². The van der Waals surface area contributed by atoms with E-state index in [0.717, 1.165) is 50.0 Å². The van der Waals surface area contributed by atoms with Gasteiger partial charge in [-0.15, -0.1) is 0 Å². The van der Waals surface area contributed by atoms with Gasteiger partial charge in [0.1, 0.15) is 5.78 Å². The van der Waals surface area contributed by atoms with Gasteiger partial charge in [0.25, 0.3) is 0 Å². The molecular formula is C28H48O2. The largest absolute Gasteiger partial charge is 0.299 e. The first-order valence-electron chi connectivity index (χ1n) is 13.3. The summed E-state index contributed by atoms with van der Waals surface area (Å²) in [5.74, 6) is 2.57. The van der Waals surface area contributed by atoms with E-state index in [9.17, 15) is 9.59 Å². The van der Waals surface area contributed by atoms with Gasteiger partial charge in [0.2, 0.25) is 0 Å². The Morgan fingerprint density at radius 2 is 1.30 bits per heavy atom. The molecule has 2 aliphatic carbocycles. The van der Waals surface area contributed by atoms with Crippen LogP contribution >= 0.6 is 0 Å². The minimum absolute atomic E-state index is 0.268. The maximum absolute atomic E-state index is 12.4. The van der Waals surface area contributed by atoms with Crippen LogP contribution in [-0.4, -0.2) is 11.6 Å². The van der Waals surface area contributed by atoms with Gasteiger partial charge in [-0.25, -0.2) is 0 Å². The molecule has 2 aliphatic rings. The third-order valence-electron chi connectivity index (χ3n) is 7.61. The van der Waals surface area contributed by atoms with E-state index >= 15 is 0 Å². The van der Waals surface area contributed by atoms with Crippen molar-refractivity contribution in [1.29, 1.82) is 0 Å². The molecular weight excluding hydrogens is 368 g/mol. The van der Waals surface area contributed by atoms with Crippen molar-refractivity contribution < 1.29 is 9.59 Å². The summed E-state index contributed by atoms with van der Waals surface area (Å²) in [7, 11) is 0. The lowest BCUT2D eigenvalue weighted by Crippen LogP contribution is -2.17. The molecule has 2 rings (SSSR count). The first-order valence-corrected chi connectivity index (χ1v) is 13.3. The number of rotatable bonds is 14. The zero-order valence-corrected chi connectivity index (χ0v) is 20.1. The number of unbranched alkanes of at least 4 members (excludes halogenated alkanes) is 5. The number of Topliss-reactive ketones (excluding diaryl/α,β-unsaturated/α-hetero) is 2. The standard InChI is InChI=1S/C28H48O2/c1-23(21-25-15-9-7-10-16-25)27(29)19-13-5-3-4-6-14-20-28(30)24(2)22-26-17-11-8-12-18-26/h21,24-26H,3-20,22H2,1-2H3. The van der Waals surface area contributed by atoms with Crippen molar-refractivity contribution >= 4 is 11.6 Å². The van der Waals surface area contributed by atoms with E-state index in [1.165, 1.54) is 77.0 Å². The van der Waals surface area contributed by atoms with Crippen LogP contribution in [0.2, 0.25) is 0 Å². The lowest BCUT2D eigenvalue weighted by molar-refractivity contribution is -0.123. The predicted octanol–water partition coefficient (Wildman–Crippen LogP) is 8.38. The summed E-state index contributed by atoms with van der Waals surface area (Å²) in [6.45, 7) is 4.17. The molecule has 0 aromatic carbocycles. The molecule has 0 radical (unpaired) electrons. The molecule has 30 heavy (non-hydrogen) atoms. The first kappa shape index (κ1) is 25.3. The fourth-order valence-corrected chi connectivity index (χ4v) is 5.54. The molecule has 0 aliphatic heterocycles. The molecule has 0 N–H and O–H groups in total. The Balaban J connectivity index is 1.45. The second-order valence-corrected chi connectivity index (χ2v) is 10.4. The van der Waals surface area contributed by atoms with Gasteiger partial charge in [-0.2, -0.15) is 0 Å². The number of hydrogen-bond acceptors (Lipinski definition) is 2. The summed E-state index contributed by atoms with van der Waals surface area (Å²) < 4.78 is 0. The van der Waals surface area contributed by atoms with Gasteiger partial charge >= 0.3 is 0 Å². The van der Waals surface area contributed by atoms with E-state index in [-0.39, 0.29) is 5.92 Å². The number of carbonyl (C=O) groups is 2. The van der Waals surface area contributed by atoms with Crippen LogP contribution in [0, 0.1) is 17.8 Å². The van der Waals surface area contributed by atoms with Crippen LogP contribution in [0.5, 0.6) is 0 Å². The fourth-order valence-electron chi connectivity index (χ4n) is 5.54. The van der Waals surface area contributed by atoms with Crippen molar-refractivity contribution in [3.63, 3.8) is 0 Å². The summed E-state index contributed by atoms with van der Waals surface area (Å²) in [6, 6.07) is 0. The molecule has 0 aromatic rings. The summed E-state index contributed by atoms with van der Waals surface area (Å²) in [5.41, 5.74) is 1.00. The molecule has 0 saturated heterocycles. The van der Waals surface area contributed by atoms with Gasteiger partial charge in [0.15, 0.2) is 5.78 Å². The van der Waals surface area contributed by atoms with Crippen LogP contribution in [0.4, 0.5) is 0 Å². The van der Waals surface area contributed by atoms with Crippen LogP contribution in [-0.2, 0) is 9.59 Å². The Morgan fingerprint density at radius 1 is 0.767 bits per heavy atom. The molecule has 0 aromatic heterocycles. The second kappa shape index (κ2) is 15.0. The third kappa shape index (κ3) is 10.4. The normalized spacial score (nSPS) is 20.3. The number of carbonyl (C=O) groups excluding carboxylic acids is 2. The highest BCUT2D eigenvalue weighted by Crippen LogP contribution is 2.30. The molecule has 2 saturated carbocycles. The topological polar surface area (TPSA) is 34.1 Å². The SMILES string of the molecule is CC(=CC1CCCCC1)C(=O)CCCCCCCCC(=O)C(C)CC1CCCCC1. The molecule has 2 heteroatoms. The van der Waals surface area contributed by atoms with Crippen molar-refractivity contribution in [2.24, 2.45) is 17.8 Å². The van der Waals surface area contributed by atoms with E-state index in [1.807, 2.05) is 6.92 Å². The van der Waals surface area contributed by atoms with Gasteiger partial charge < -0.3 is 0 Å². The Labute approximate surface area is 186 Å². The summed E-state index contributed by atoms with van der Waals surface area (Å²) >= 11 is 0. The van der Waals surface area contributed by atoms with E-state index < -0.39 is 0 Å². The molecule has 2 nitrogen and oxygen atoms in total. The minimum atomic E-state index is 0.268. The average molecular weight is 417 g/mol. The van der Waals surface area contributed by atoms with Crippen LogP contribution in [0.1, 0.15) is 136 Å². The molecule has 172 valence electrons. The summed E-state index contributed by atoms with van der Waals surface area (Å²) in [6.07, 6.45) is 25.0. The minimum Gasteiger partial charge on any atom is -0.299 e. The van der Waals surface area contributed by atoms with E-state index in [0.29, 0.717) is 23.9 Å². The zero-order valence-electron chi connectivity index (χ0n) is 20.1. The predicted molar refractivity (Wildman–Crippen MR) is 128 cm³/mol. The van der Waals surface area contributed by atoms with Crippen molar-refractivity contribution in [2.45, 2.75) is 136 Å². The molecule has 0 heterocycles.